The smallest absolute Gasteiger partial charge is 0.262 e. The molecule has 3 aromatic carbocycles. The largest absolute Gasteiger partial charge is 0.488 e. The number of carbonyl (C=O) groups excluding carboxylic acids is 2. The van der Waals surface area contributed by atoms with Gasteiger partial charge >= 0.3 is 0 Å². The van der Waals surface area contributed by atoms with E-state index in [0.29, 0.717) is 21.4 Å². The van der Waals surface area contributed by atoms with E-state index in [9.17, 15) is 14.0 Å². The third-order valence-electron chi connectivity index (χ3n) is 4.99. The Hall–Kier alpha value is -3.42. The van der Waals surface area contributed by atoms with Crippen LogP contribution in [-0.2, 0) is 11.4 Å². The summed E-state index contributed by atoms with van der Waals surface area (Å²) < 4.78 is 19.8. The van der Waals surface area contributed by atoms with E-state index < -0.39 is 23.7 Å². The van der Waals surface area contributed by atoms with Crippen molar-refractivity contribution in [1.29, 1.82) is 0 Å². The number of amides is 2. The SMILES string of the molecule is CC(C)C(NC(=O)c1ccccc1F)C(=O)N/N=C/c1cc(Cl)ccc1OCc1cccc(Cl)c1. The molecule has 182 valence electrons. The minimum atomic E-state index is -0.933. The van der Waals surface area contributed by atoms with Crippen LogP contribution in [0, 0.1) is 11.7 Å². The summed E-state index contributed by atoms with van der Waals surface area (Å²) in [5.41, 5.74) is 3.70. The summed E-state index contributed by atoms with van der Waals surface area (Å²) in [6.07, 6.45) is 1.40. The van der Waals surface area contributed by atoms with Crippen molar-refractivity contribution in [1.82, 2.24) is 10.7 Å². The van der Waals surface area contributed by atoms with Gasteiger partial charge in [0.05, 0.1) is 11.8 Å². The lowest BCUT2D eigenvalue weighted by Gasteiger charge is -2.20. The molecule has 35 heavy (non-hydrogen) atoms. The Morgan fingerprint density at radius 3 is 2.49 bits per heavy atom. The minimum Gasteiger partial charge on any atom is -0.488 e. The van der Waals surface area contributed by atoms with Crippen LogP contribution in [0.2, 0.25) is 10.0 Å². The van der Waals surface area contributed by atoms with Crippen LogP contribution in [0.15, 0.2) is 71.8 Å². The average Bonchev–Trinajstić information content (AvgIpc) is 2.82. The number of halogens is 3. The zero-order valence-electron chi connectivity index (χ0n) is 19.1. The number of ether oxygens (including phenoxy) is 1. The Bertz CT molecular complexity index is 1230. The Morgan fingerprint density at radius 2 is 1.77 bits per heavy atom. The Kier molecular flexibility index (Phi) is 9.23. The predicted octanol–water partition coefficient (Wildman–Crippen LogP) is 5.62. The molecule has 2 amide bonds. The standard InChI is InChI=1S/C26H24Cl2FN3O3/c1-16(2)24(31-25(33)21-8-3-4-9-22(21)29)26(34)32-30-14-18-13-20(28)10-11-23(18)35-15-17-6-5-7-19(27)12-17/h3-14,16,24H,15H2,1-2H3,(H,31,33)(H,32,34)/b30-14+. The van der Waals surface area contributed by atoms with Gasteiger partial charge in [-0.1, -0.05) is 61.3 Å². The summed E-state index contributed by atoms with van der Waals surface area (Å²) in [6, 6.07) is 16.9. The maximum absolute atomic E-state index is 13.9. The van der Waals surface area contributed by atoms with Crippen LogP contribution >= 0.6 is 23.2 Å². The normalized spacial score (nSPS) is 11.9. The van der Waals surface area contributed by atoms with Gasteiger partial charge in [0, 0.05) is 15.6 Å². The van der Waals surface area contributed by atoms with Crippen molar-refractivity contribution in [2.24, 2.45) is 11.0 Å². The second-order valence-electron chi connectivity index (χ2n) is 8.01. The molecule has 6 nitrogen and oxygen atoms in total. The summed E-state index contributed by atoms with van der Waals surface area (Å²) in [5.74, 6) is -1.68. The van der Waals surface area contributed by atoms with Gasteiger partial charge in [-0.15, -0.1) is 0 Å². The Morgan fingerprint density at radius 1 is 1.03 bits per heavy atom. The molecule has 0 fully saturated rings. The van der Waals surface area contributed by atoms with Gasteiger partial charge in [-0.3, -0.25) is 9.59 Å². The number of rotatable bonds is 9. The molecule has 0 spiro atoms. The first kappa shape index (κ1) is 26.2. The van der Waals surface area contributed by atoms with Crippen molar-refractivity contribution in [3.8, 4) is 5.75 Å². The van der Waals surface area contributed by atoms with Crippen molar-refractivity contribution < 1.29 is 18.7 Å². The van der Waals surface area contributed by atoms with Crippen molar-refractivity contribution in [3.05, 3.63) is 99.3 Å². The van der Waals surface area contributed by atoms with Gasteiger partial charge in [0.15, 0.2) is 0 Å². The molecule has 0 radical (unpaired) electrons. The fourth-order valence-electron chi connectivity index (χ4n) is 3.17. The molecule has 3 aromatic rings. The number of nitrogens with one attached hydrogen (secondary N) is 2. The molecular formula is C26H24Cl2FN3O3. The first-order valence-electron chi connectivity index (χ1n) is 10.8. The summed E-state index contributed by atoms with van der Waals surface area (Å²) in [4.78, 5) is 25.2. The lowest BCUT2D eigenvalue weighted by atomic mass is 10.0. The molecular weight excluding hydrogens is 492 g/mol. The van der Waals surface area contributed by atoms with E-state index in [1.54, 1.807) is 50.2 Å². The Balaban J connectivity index is 1.67. The van der Waals surface area contributed by atoms with Crippen molar-refractivity contribution >= 4 is 41.2 Å². The van der Waals surface area contributed by atoms with Crippen LogP contribution in [0.4, 0.5) is 4.39 Å². The lowest BCUT2D eigenvalue weighted by molar-refractivity contribution is -0.123. The van der Waals surface area contributed by atoms with Gasteiger partial charge in [-0.2, -0.15) is 5.10 Å². The highest BCUT2D eigenvalue weighted by molar-refractivity contribution is 6.31. The summed E-state index contributed by atoms with van der Waals surface area (Å²) in [5, 5.41) is 7.64. The second-order valence-corrected chi connectivity index (χ2v) is 8.88. The van der Waals surface area contributed by atoms with Gasteiger partial charge in [0.25, 0.3) is 11.8 Å². The van der Waals surface area contributed by atoms with Gasteiger partial charge < -0.3 is 10.1 Å². The highest BCUT2D eigenvalue weighted by Gasteiger charge is 2.25. The van der Waals surface area contributed by atoms with Crippen molar-refractivity contribution in [2.75, 3.05) is 0 Å². The molecule has 0 aromatic heterocycles. The van der Waals surface area contributed by atoms with Crippen LogP contribution in [-0.4, -0.2) is 24.1 Å². The van der Waals surface area contributed by atoms with E-state index in [2.05, 4.69) is 15.8 Å². The Labute approximate surface area is 213 Å². The highest BCUT2D eigenvalue weighted by Crippen LogP contribution is 2.23. The molecule has 1 atom stereocenters. The predicted molar refractivity (Wildman–Crippen MR) is 135 cm³/mol. The summed E-state index contributed by atoms with van der Waals surface area (Å²) >= 11 is 12.1. The van der Waals surface area contributed by atoms with E-state index in [-0.39, 0.29) is 18.1 Å². The van der Waals surface area contributed by atoms with Crippen LogP contribution in [0.1, 0.15) is 35.3 Å². The zero-order valence-corrected chi connectivity index (χ0v) is 20.6. The van der Waals surface area contributed by atoms with Gasteiger partial charge in [-0.05, 0) is 53.9 Å². The first-order valence-corrected chi connectivity index (χ1v) is 11.6. The fourth-order valence-corrected chi connectivity index (χ4v) is 3.57. The van der Waals surface area contributed by atoms with E-state index in [0.717, 1.165) is 5.56 Å². The number of hydrazone groups is 1. The number of carbonyl (C=O) groups is 2. The van der Waals surface area contributed by atoms with Gasteiger partial charge in [0.2, 0.25) is 0 Å². The molecule has 9 heteroatoms. The maximum atomic E-state index is 13.9. The van der Waals surface area contributed by atoms with E-state index in [4.69, 9.17) is 27.9 Å². The maximum Gasteiger partial charge on any atom is 0.262 e. The van der Waals surface area contributed by atoms with Crippen molar-refractivity contribution in [2.45, 2.75) is 26.5 Å². The lowest BCUT2D eigenvalue weighted by Crippen LogP contribution is -2.48. The minimum absolute atomic E-state index is 0.144. The topological polar surface area (TPSA) is 79.8 Å². The number of hydrogen-bond acceptors (Lipinski definition) is 4. The second kappa shape index (κ2) is 12.3. The fraction of sp³-hybridized carbons (Fsp3) is 0.192. The molecule has 1 unspecified atom stereocenters. The van der Waals surface area contributed by atoms with Crippen LogP contribution in [0.25, 0.3) is 0 Å². The summed E-state index contributed by atoms with van der Waals surface area (Å²) in [6.45, 7) is 3.79. The number of hydrogen-bond donors (Lipinski definition) is 2. The third kappa shape index (κ3) is 7.53. The quantitative estimate of drug-likeness (QED) is 0.286. The van der Waals surface area contributed by atoms with Crippen LogP contribution in [0.5, 0.6) is 5.75 Å². The highest BCUT2D eigenvalue weighted by atomic mass is 35.5. The molecule has 0 bridgehead atoms. The zero-order chi connectivity index (χ0) is 25.4. The van der Waals surface area contributed by atoms with E-state index >= 15 is 0 Å². The first-order chi connectivity index (χ1) is 16.7. The average molecular weight is 516 g/mol. The molecule has 0 aliphatic rings. The molecule has 2 N–H and O–H groups in total. The molecule has 0 heterocycles. The van der Waals surface area contributed by atoms with Gasteiger partial charge in [-0.25, -0.2) is 9.82 Å². The van der Waals surface area contributed by atoms with Gasteiger partial charge in [0.1, 0.15) is 24.2 Å². The number of nitrogens with zero attached hydrogens (tertiary/aromatic N) is 1. The molecule has 0 saturated heterocycles. The third-order valence-corrected chi connectivity index (χ3v) is 5.46. The molecule has 3 rings (SSSR count). The molecule has 0 aliphatic heterocycles. The monoisotopic (exact) mass is 515 g/mol. The van der Waals surface area contributed by atoms with E-state index in [1.807, 2.05) is 12.1 Å². The van der Waals surface area contributed by atoms with Crippen molar-refractivity contribution in [3.63, 3.8) is 0 Å². The van der Waals surface area contributed by atoms with E-state index in [1.165, 1.54) is 24.4 Å². The molecule has 0 aliphatic carbocycles. The summed E-state index contributed by atoms with van der Waals surface area (Å²) in [7, 11) is 0. The number of benzene rings is 3. The van der Waals surface area contributed by atoms with Crippen LogP contribution in [0.3, 0.4) is 0 Å². The van der Waals surface area contributed by atoms with Crippen LogP contribution < -0.4 is 15.5 Å². The molecule has 0 saturated carbocycles.